The Morgan fingerprint density at radius 1 is 1.38 bits per heavy atom. The number of hydrogen-bond acceptors (Lipinski definition) is 3. The van der Waals surface area contributed by atoms with E-state index in [1.807, 2.05) is 0 Å². The van der Waals surface area contributed by atoms with Crippen LogP contribution in [0.4, 0.5) is 0 Å². The Morgan fingerprint density at radius 2 is 2.00 bits per heavy atom. The Balaban J connectivity index is 2.50. The van der Waals surface area contributed by atoms with Crippen LogP contribution >= 0.6 is 23.2 Å². The summed E-state index contributed by atoms with van der Waals surface area (Å²) in [5, 5.41) is 9.09. The lowest BCUT2D eigenvalue weighted by atomic mass is 10.2. The minimum absolute atomic E-state index is 0.0976. The zero-order valence-corrected chi connectivity index (χ0v) is 9.88. The molecule has 84 valence electrons. The van der Waals surface area contributed by atoms with Gasteiger partial charge in [0.2, 0.25) is 0 Å². The summed E-state index contributed by atoms with van der Waals surface area (Å²) in [6, 6.07) is 6.79. The van der Waals surface area contributed by atoms with E-state index in [0.717, 1.165) is 0 Å². The van der Waals surface area contributed by atoms with E-state index >= 15 is 0 Å². The minimum atomic E-state index is -0.161. The average molecular weight is 258 g/mol. The standard InChI is InChI=1S/C11H9Cl2NO2/c12-9-2-1-3-10(13)11(9)16-7-5-8(15)4-6-14/h1-3H,4-5,7H2. The third-order valence-electron chi connectivity index (χ3n) is 1.82. The second-order valence-electron chi connectivity index (χ2n) is 3.02. The smallest absolute Gasteiger partial charge is 0.156 e. The molecule has 16 heavy (non-hydrogen) atoms. The summed E-state index contributed by atoms with van der Waals surface area (Å²) in [5.74, 6) is 0.210. The number of halogens is 2. The molecule has 1 aromatic carbocycles. The van der Waals surface area contributed by atoms with Crippen molar-refractivity contribution < 1.29 is 9.53 Å². The van der Waals surface area contributed by atoms with Gasteiger partial charge in [-0.25, -0.2) is 0 Å². The molecule has 0 saturated carbocycles. The molecule has 0 bridgehead atoms. The topological polar surface area (TPSA) is 50.1 Å². The van der Waals surface area contributed by atoms with Crippen molar-refractivity contribution in [3.8, 4) is 11.8 Å². The van der Waals surface area contributed by atoms with Gasteiger partial charge in [0.25, 0.3) is 0 Å². The molecular formula is C11H9Cl2NO2. The monoisotopic (exact) mass is 257 g/mol. The molecule has 0 aliphatic heterocycles. The molecule has 0 N–H and O–H groups in total. The lowest BCUT2D eigenvalue weighted by Gasteiger charge is -2.08. The summed E-state index contributed by atoms with van der Waals surface area (Å²) in [6.07, 6.45) is 0.0781. The van der Waals surface area contributed by atoms with Gasteiger partial charge in [-0.3, -0.25) is 4.79 Å². The number of hydrogen-bond donors (Lipinski definition) is 0. The fraction of sp³-hybridized carbons (Fsp3) is 0.273. The number of nitriles is 1. The molecule has 0 saturated heterocycles. The third-order valence-corrected chi connectivity index (χ3v) is 2.42. The molecule has 0 spiro atoms. The number of carbonyl (C=O) groups is 1. The highest BCUT2D eigenvalue weighted by Crippen LogP contribution is 2.32. The quantitative estimate of drug-likeness (QED) is 0.814. The molecule has 0 aliphatic rings. The van der Waals surface area contributed by atoms with Crippen molar-refractivity contribution in [3.63, 3.8) is 0 Å². The van der Waals surface area contributed by atoms with Crippen LogP contribution in [0.25, 0.3) is 0 Å². The molecule has 0 amide bonds. The van der Waals surface area contributed by atoms with Crippen molar-refractivity contribution in [2.75, 3.05) is 6.61 Å². The highest BCUT2D eigenvalue weighted by Gasteiger charge is 2.07. The first-order valence-corrected chi connectivity index (χ1v) is 5.36. The highest BCUT2D eigenvalue weighted by molar-refractivity contribution is 6.37. The van der Waals surface area contributed by atoms with Crippen LogP contribution in [0, 0.1) is 11.3 Å². The van der Waals surface area contributed by atoms with Gasteiger partial charge in [0, 0.05) is 6.42 Å². The summed E-state index contributed by atoms with van der Waals surface area (Å²) < 4.78 is 5.29. The average Bonchev–Trinajstić information content (AvgIpc) is 2.23. The molecule has 0 aliphatic carbocycles. The predicted octanol–water partition coefficient (Wildman–Crippen LogP) is 3.25. The first kappa shape index (κ1) is 12.8. The summed E-state index contributed by atoms with van der Waals surface area (Å²) in [7, 11) is 0. The van der Waals surface area contributed by atoms with Gasteiger partial charge in [0.1, 0.15) is 5.78 Å². The van der Waals surface area contributed by atoms with Gasteiger partial charge in [-0.05, 0) is 12.1 Å². The van der Waals surface area contributed by atoms with Gasteiger partial charge < -0.3 is 4.74 Å². The molecule has 0 radical (unpaired) electrons. The van der Waals surface area contributed by atoms with Gasteiger partial charge in [-0.2, -0.15) is 5.26 Å². The lowest BCUT2D eigenvalue weighted by Crippen LogP contribution is -2.05. The second kappa shape index (κ2) is 6.37. The van der Waals surface area contributed by atoms with Crippen LogP contribution in [0.5, 0.6) is 5.75 Å². The van der Waals surface area contributed by atoms with Crippen LogP contribution < -0.4 is 4.74 Å². The molecule has 1 aromatic rings. The summed E-state index contributed by atoms with van der Waals surface area (Å²) in [6.45, 7) is 0.171. The number of Topliss-reactive ketones (excluding diaryl/α,β-unsaturated/α-hetero) is 1. The van der Waals surface area contributed by atoms with Crippen molar-refractivity contribution in [2.45, 2.75) is 12.8 Å². The summed E-state index contributed by atoms with van der Waals surface area (Å²) in [4.78, 5) is 11.0. The number of carbonyl (C=O) groups excluding carboxylic acids is 1. The molecule has 0 heterocycles. The molecule has 3 nitrogen and oxygen atoms in total. The van der Waals surface area contributed by atoms with E-state index in [0.29, 0.717) is 15.8 Å². The van der Waals surface area contributed by atoms with E-state index in [1.165, 1.54) is 0 Å². The van der Waals surface area contributed by atoms with Crippen molar-refractivity contribution in [3.05, 3.63) is 28.2 Å². The number of benzene rings is 1. The zero-order chi connectivity index (χ0) is 12.0. The van der Waals surface area contributed by atoms with Crippen molar-refractivity contribution in [2.24, 2.45) is 0 Å². The molecule has 1 rings (SSSR count). The van der Waals surface area contributed by atoms with Crippen molar-refractivity contribution in [1.82, 2.24) is 0 Å². The van der Waals surface area contributed by atoms with E-state index in [1.54, 1.807) is 24.3 Å². The van der Waals surface area contributed by atoms with Gasteiger partial charge in [0.15, 0.2) is 5.75 Å². The minimum Gasteiger partial charge on any atom is -0.490 e. The van der Waals surface area contributed by atoms with Gasteiger partial charge in [0.05, 0.1) is 29.1 Å². The van der Waals surface area contributed by atoms with E-state index in [2.05, 4.69) is 0 Å². The largest absolute Gasteiger partial charge is 0.490 e. The van der Waals surface area contributed by atoms with Gasteiger partial charge >= 0.3 is 0 Å². The van der Waals surface area contributed by atoms with E-state index in [4.69, 9.17) is 33.2 Å². The Bertz CT molecular complexity index is 406. The number of ketones is 1. The van der Waals surface area contributed by atoms with E-state index in [9.17, 15) is 4.79 Å². The van der Waals surface area contributed by atoms with Crippen molar-refractivity contribution in [1.29, 1.82) is 5.26 Å². The highest BCUT2D eigenvalue weighted by atomic mass is 35.5. The lowest BCUT2D eigenvalue weighted by molar-refractivity contribution is -0.118. The zero-order valence-electron chi connectivity index (χ0n) is 8.37. The fourth-order valence-electron chi connectivity index (χ4n) is 1.06. The molecule has 0 atom stereocenters. The SMILES string of the molecule is N#CCC(=O)CCOc1c(Cl)cccc1Cl. The molecule has 5 heteroatoms. The maximum atomic E-state index is 11.0. The van der Waals surface area contributed by atoms with Crippen LogP contribution in [0.1, 0.15) is 12.8 Å². The van der Waals surface area contributed by atoms with Crippen molar-refractivity contribution >= 4 is 29.0 Å². The summed E-state index contributed by atoms with van der Waals surface area (Å²) in [5.41, 5.74) is 0. The Labute approximate surface area is 104 Å². The molecular weight excluding hydrogens is 249 g/mol. The van der Waals surface area contributed by atoms with Crippen LogP contribution in [0.15, 0.2) is 18.2 Å². The third kappa shape index (κ3) is 3.73. The van der Waals surface area contributed by atoms with Crippen LogP contribution in [0.3, 0.4) is 0 Å². The first-order valence-electron chi connectivity index (χ1n) is 4.60. The normalized spacial score (nSPS) is 9.56. The number of para-hydroxylation sites is 1. The maximum Gasteiger partial charge on any atom is 0.156 e. The second-order valence-corrected chi connectivity index (χ2v) is 3.84. The fourth-order valence-corrected chi connectivity index (χ4v) is 1.57. The molecule has 0 unspecified atom stereocenters. The van der Waals surface area contributed by atoms with E-state index < -0.39 is 0 Å². The van der Waals surface area contributed by atoms with E-state index in [-0.39, 0.29) is 25.2 Å². The Hall–Kier alpha value is -1.24. The van der Waals surface area contributed by atoms with Crippen LogP contribution in [-0.2, 0) is 4.79 Å². The Morgan fingerprint density at radius 3 is 2.56 bits per heavy atom. The number of rotatable bonds is 5. The molecule has 0 aromatic heterocycles. The predicted molar refractivity (Wildman–Crippen MR) is 61.8 cm³/mol. The number of nitrogens with zero attached hydrogens (tertiary/aromatic N) is 1. The molecule has 0 fully saturated rings. The van der Waals surface area contributed by atoms with Crippen LogP contribution in [0.2, 0.25) is 10.0 Å². The van der Waals surface area contributed by atoms with Crippen LogP contribution in [-0.4, -0.2) is 12.4 Å². The van der Waals surface area contributed by atoms with Gasteiger partial charge in [-0.15, -0.1) is 0 Å². The first-order chi connectivity index (χ1) is 7.65. The Kier molecular flexibility index (Phi) is 5.10. The number of ether oxygens (including phenoxy) is 1. The maximum absolute atomic E-state index is 11.0. The summed E-state index contributed by atoms with van der Waals surface area (Å²) >= 11 is 11.7. The van der Waals surface area contributed by atoms with Gasteiger partial charge in [-0.1, -0.05) is 29.3 Å².